The first-order chi connectivity index (χ1) is 15.5. The zero-order chi connectivity index (χ0) is 22.7. The van der Waals surface area contributed by atoms with Gasteiger partial charge in [-0.25, -0.2) is 9.18 Å². The molecule has 1 amide bonds. The summed E-state index contributed by atoms with van der Waals surface area (Å²) in [7, 11) is 1.26. The molecule has 0 aliphatic carbocycles. The van der Waals surface area contributed by atoms with Gasteiger partial charge in [0.1, 0.15) is 17.9 Å². The molecule has 2 heterocycles. The number of nitrogens with zero attached hydrogens (tertiary/aromatic N) is 2. The van der Waals surface area contributed by atoms with E-state index in [0.717, 1.165) is 10.9 Å². The van der Waals surface area contributed by atoms with Crippen LogP contribution in [0.2, 0.25) is 0 Å². The van der Waals surface area contributed by atoms with Crippen LogP contribution >= 0.6 is 0 Å². The van der Waals surface area contributed by atoms with Crippen molar-refractivity contribution in [3.05, 3.63) is 100 Å². The zero-order valence-electron chi connectivity index (χ0n) is 17.2. The number of amides is 1. The summed E-state index contributed by atoms with van der Waals surface area (Å²) in [5.41, 5.74) is 1.30. The Labute approximate surface area is 182 Å². The largest absolute Gasteiger partial charge is 0.465 e. The van der Waals surface area contributed by atoms with Gasteiger partial charge in [0.2, 0.25) is 5.91 Å². The van der Waals surface area contributed by atoms with Crippen LogP contribution < -0.4 is 10.9 Å². The van der Waals surface area contributed by atoms with Crippen LogP contribution in [0.1, 0.15) is 15.9 Å². The van der Waals surface area contributed by atoms with Crippen LogP contribution in [0.3, 0.4) is 0 Å². The average Bonchev–Trinajstić information content (AvgIpc) is 3.19. The van der Waals surface area contributed by atoms with Gasteiger partial charge >= 0.3 is 5.97 Å². The Morgan fingerprint density at radius 2 is 1.75 bits per heavy atom. The number of para-hydroxylation sites is 1. The highest BCUT2D eigenvalue weighted by Crippen LogP contribution is 2.17. The number of hydrogen-bond donors (Lipinski definition) is 1. The standard InChI is InChI=1S/C24H20FN3O4/c1-32-24(31)19-7-2-3-8-20(19)26-21(29)15-28-12-10-17-9-11-27(22(17)23(28)30)14-16-5-4-6-18(25)13-16/h2-13H,14-15H2,1H3,(H,26,29). The second-order valence-corrected chi connectivity index (χ2v) is 7.21. The van der Waals surface area contributed by atoms with Crippen LogP contribution in [-0.2, 0) is 22.6 Å². The Bertz CT molecular complexity index is 1370. The number of carbonyl (C=O) groups is 2. The van der Waals surface area contributed by atoms with Crippen molar-refractivity contribution in [2.45, 2.75) is 13.1 Å². The number of aromatic nitrogens is 2. The molecule has 4 rings (SSSR count). The predicted octanol–water partition coefficient (Wildman–Crippen LogP) is 3.42. The van der Waals surface area contributed by atoms with Crippen molar-refractivity contribution in [1.82, 2.24) is 9.13 Å². The van der Waals surface area contributed by atoms with Crippen molar-refractivity contribution >= 4 is 28.5 Å². The quantitative estimate of drug-likeness (QED) is 0.473. The molecular weight excluding hydrogens is 413 g/mol. The lowest BCUT2D eigenvalue weighted by molar-refractivity contribution is -0.116. The van der Waals surface area contributed by atoms with E-state index in [4.69, 9.17) is 4.74 Å². The number of ether oxygens (including phenoxy) is 1. The maximum absolute atomic E-state index is 13.5. The molecule has 0 aliphatic rings. The lowest BCUT2D eigenvalue weighted by atomic mass is 10.2. The maximum atomic E-state index is 13.5. The fourth-order valence-corrected chi connectivity index (χ4v) is 3.56. The van der Waals surface area contributed by atoms with Crippen LogP contribution in [0.4, 0.5) is 10.1 Å². The summed E-state index contributed by atoms with van der Waals surface area (Å²) < 4.78 is 21.3. The van der Waals surface area contributed by atoms with Gasteiger partial charge in [0.25, 0.3) is 5.56 Å². The third-order valence-corrected chi connectivity index (χ3v) is 5.05. The average molecular weight is 433 g/mol. The maximum Gasteiger partial charge on any atom is 0.339 e. The van der Waals surface area contributed by atoms with E-state index in [1.165, 1.54) is 23.8 Å². The number of pyridine rings is 1. The number of nitrogens with one attached hydrogen (secondary N) is 1. The number of benzene rings is 2. The highest BCUT2D eigenvalue weighted by molar-refractivity contribution is 6.01. The van der Waals surface area contributed by atoms with Crippen molar-refractivity contribution in [3.63, 3.8) is 0 Å². The molecule has 2 aromatic carbocycles. The van der Waals surface area contributed by atoms with E-state index < -0.39 is 11.9 Å². The molecule has 0 saturated heterocycles. The molecule has 0 fully saturated rings. The molecule has 4 aromatic rings. The summed E-state index contributed by atoms with van der Waals surface area (Å²) in [6, 6.07) is 16.2. The van der Waals surface area contributed by atoms with Gasteiger partial charge in [-0.2, -0.15) is 0 Å². The van der Waals surface area contributed by atoms with Crippen LogP contribution in [0.5, 0.6) is 0 Å². The van der Waals surface area contributed by atoms with Gasteiger partial charge in [0, 0.05) is 24.3 Å². The molecule has 32 heavy (non-hydrogen) atoms. The first-order valence-corrected chi connectivity index (χ1v) is 9.86. The molecule has 0 bridgehead atoms. The number of anilines is 1. The third-order valence-electron chi connectivity index (χ3n) is 5.05. The van der Waals surface area contributed by atoms with E-state index in [-0.39, 0.29) is 23.5 Å². The number of hydrogen-bond acceptors (Lipinski definition) is 4. The molecule has 7 nitrogen and oxygen atoms in total. The molecular formula is C24H20FN3O4. The van der Waals surface area contributed by atoms with Crippen LogP contribution in [0.25, 0.3) is 10.9 Å². The van der Waals surface area contributed by atoms with E-state index in [1.54, 1.807) is 65.5 Å². The minimum Gasteiger partial charge on any atom is -0.465 e. The summed E-state index contributed by atoms with van der Waals surface area (Å²) in [5.74, 6) is -1.39. The SMILES string of the molecule is COC(=O)c1ccccc1NC(=O)Cn1ccc2ccn(Cc3cccc(F)c3)c2c1=O. The van der Waals surface area contributed by atoms with E-state index >= 15 is 0 Å². The van der Waals surface area contributed by atoms with E-state index in [2.05, 4.69) is 5.32 Å². The predicted molar refractivity (Wildman–Crippen MR) is 118 cm³/mol. The zero-order valence-corrected chi connectivity index (χ0v) is 17.2. The summed E-state index contributed by atoms with van der Waals surface area (Å²) >= 11 is 0. The van der Waals surface area contributed by atoms with Gasteiger partial charge < -0.3 is 19.2 Å². The Morgan fingerprint density at radius 3 is 2.50 bits per heavy atom. The highest BCUT2D eigenvalue weighted by atomic mass is 19.1. The molecule has 162 valence electrons. The van der Waals surface area contributed by atoms with Gasteiger partial charge in [0.15, 0.2) is 0 Å². The van der Waals surface area contributed by atoms with Crippen molar-refractivity contribution < 1.29 is 18.7 Å². The Balaban J connectivity index is 1.59. The number of halogens is 1. The first kappa shape index (κ1) is 21.0. The van der Waals surface area contributed by atoms with E-state index in [0.29, 0.717) is 17.7 Å². The summed E-state index contributed by atoms with van der Waals surface area (Å²) in [5, 5.41) is 3.38. The fraction of sp³-hybridized carbons (Fsp3) is 0.125. The number of fused-ring (bicyclic) bond motifs is 1. The molecule has 2 aromatic heterocycles. The van der Waals surface area contributed by atoms with Crippen molar-refractivity contribution in [1.29, 1.82) is 0 Å². The molecule has 0 spiro atoms. The van der Waals surface area contributed by atoms with Crippen LogP contribution in [0, 0.1) is 5.82 Å². The lowest BCUT2D eigenvalue weighted by Crippen LogP contribution is -2.28. The minimum absolute atomic E-state index is 0.218. The smallest absolute Gasteiger partial charge is 0.339 e. The van der Waals surface area contributed by atoms with Gasteiger partial charge in [-0.1, -0.05) is 24.3 Å². The molecule has 1 N–H and O–H groups in total. The molecule has 0 radical (unpaired) electrons. The molecule has 0 unspecified atom stereocenters. The van der Waals surface area contributed by atoms with Gasteiger partial charge in [0.05, 0.1) is 18.4 Å². The number of carbonyl (C=O) groups excluding carboxylic acids is 2. The summed E-state index contributed by atoms with van der Waals surface area (Å²) in [6.45, 7) is 0.0780. The first-order valence-electron chi connectivity index (χ1n) is 9.86. The number of rotatable bonds is 6. The monoisotopic (exact) mass is 433 g/mol. The van der Waals surface area contributed by atoms with Crippen LogP contribution in [-0.4, -0.2) is 28.1 Å². The van der Waals surface area contributed by atoms with Crippen molar-refractivity contribution in [2.75, 3.05) is 12.4 Å². The molecule has 8 heteroatoms. The molecule has 0 atom stereocenters. The van der Waals surface area contributed by atoms with Gasteiger partial charge in [-0.05, 0) is 42.0 Å². The second-order valence-electron chi connectivity index (χ2n) is 7.21. The third kappa shape index (κ3) is 4.29. The molecule has 0 saturated carbocycles. The highest BCUT2D eigenvalue weighted by Gasteiger charge is 2.15. The van der Waals surface area contributed by atoms with Gasteiger partial charge in [-0.15, -0.1) is 0 Å². The van der Waals surface area contributed by atoms with Gasteiger partial charge in [-0.3, -0.25) is 9.59 Å². The molecule has 0 aliphatic heterocycles. The van der Waals surface area contributed by atoms with E-state index in [1.807, 2.05) is 0 Å². The minimum atomic E-state index is -0.574. The van der Waals surface area contributed by atoms with E-state index in [9.17, 15) is 18.8 Å². The van der Waals surface area contributed by atoms with Crippen LogP contribution in [0.15, 0.2) is 77.9 Å². The number of esters is 1. The Morgan fingerprint density at radius 1 is 1.00 bits per heavy atom. The Kier molecular flexibility index (Phi) is 5.85. The van der Waals surface area contributed by atoms with Crippen molar-refractivity contribution in [3.8, 4) is 0 Å². The Hall–Kier alpha value is -4.20. The summed E-state index contributed by atoms with van der Waals surface area (Å²) in [6.07, 6.45) is 3.30. The summed E-state index contributed by atoms with van der Waals surface area (Å²) in [4.78, 5) is 37.6. The van der Waals surface area contributed by atoms with Crippen molar-refractivity contribution in [2.24, 2.45) is 0 Å². The second kappa shape index (κ2) is 8.89. The fourth-order valence-electron chi connectivity index (χ4n) is 3.56. The lowest BCUT2D eigenvalue weighted by Gasteiger charge is -2.11. The topological polar surface area (TPSA) is 82.3 Å². The number of methoxy groups -OCH3 is 1. The normalized spacial score (nSPS) is 10.8.